The van der Waals surface area contributed by atoms with Crippen LogP contribution in [0, 0.1) is 0 Å². The fourth-order valence-corrected chi connectivity index (χ4v) is 1.66. The highest BCUT2D eigenvalue weighted by Crippen LogP contribution is 2.01. The number of benzene rings is 1. The van der Waals surface area contributed by atoms with Crippen LogP contribution in [-0.2, 0) is 35.1 Å². The van der Waals surface area contributed by atoms with Crippen LogP contribution < -0.4 is 5.32 Å². The van der Waals surface area contributed by atoms with E-state index in [0.717, 1.165) is 17.9 Å². The molecule has 8 heteroatoms. The molecule has 136 valence electrons. The summed E-state index contributed by atoms with van der Waals surface area (Å²) < 4.78 is 19.3. The maximum atomic E-state index is 11.8. The lowest BCUT2D eigenvalue weighted by Crippen LogP contribution is -2.44. The Hall–Kier alpha value is -3.03. The van der Waals surface area contributed by atoms with E-state index in [2.05, 4.69) is 14.8 Å². The van der Waals surface area contributed by atoms with Crippen molar-refractivity contribution in [2.24, 2.45) is 0 Å². The van der Waals surface area contributed by atoms with Gasteiger partial charge in [-0.2, -0.15) is 0 Å². The monoisotopic (exact) mass is 351 g/mol. The van der Waals surface area contributed by atoms with E-state index >= 15 is 0 Å². The molecule has 1 amide bonds. The number of rotatable bonds is 9. The van der Waals surface area contributed by atoms with Crippen LogP contribution in [0.1, 0.15) is 12.5 Å². The molecule has 8 nitrogen and oxygen atoms in total. The summed E-state index contributed by atoms with van der Waals surface area (Å²) in [6.07, 6.45) is 1.34. The largest absolute Gasteiger partial charge is 0.498 e. The molecule has 1 atom stereocenters. The highest BCUT2D eigenvalue weighted by atomic mass is 16.6. The minimum absolute atomic E-state index is 0.0597. The number of hydrogen-bond donors (Lipinski definition) is 1. The SMILES string of the molecule is CCOC(=O)/C=C/OC[C@H](NC(=O)OCc1ccccc1)C(=O)OC. The van der Waals surface area contributed by atoms with Gasteiger partial charge in [0.15, 0.2) is 6.04 Å². The first-order chi connectivity index (χ1) is 12.1. The third kappa shape index (κ3) is 8.40. The van der Waals surface area contributed by atoms with Crippen LogP contribution in [0.3, 0.4) is 0 Å². The van der Waals surface area contributed by atoms with Gasteiger partial charge in [-0.1, -0.05) is 30.3 Å². The molecule has 0 radical (unpaired) electrons. The Morgan fingerprint density at radius 3 is 2.52 bits per heavy atom. The zero-order chi connectivity index (χ0) is 18.5. The molecule has 0 aliphatic heterocycles. The van der Waals surface area contributed by atoms with Crippen molar-refractivity contribution < 1.29 is 33.3 Å². The summed E-state index contributed by atoms with van der Waals surface area (Å²) in [5, 5.41) is 2.34. The number of amides is 1. The standard InChI is InChI=1S/C17H21NO7/c1-3-24-15(19)9-10-23-12-14(16(20)22-2)18-17(21)25-11-13-7-5-4-6-8-13/h4-10,14H,3,11-12H2,1-2H3,(H,18,21)/b10-9+/t14-/m0/s1. The molecular formula is C17H21NO7. The molecule has 1 aromatic carbocycles. The maximum absolute atomic E-state index is 11.8. The molecule has 0 aliphatic carbocycles. The van der Waals surface area contributed by atoms with Crippen molar-refractivity contribution >= 4 is 18.0 Å². The van der Waals surface area contributed by atoms with Crippen LogP contribution in [0.15, 0.2) is 42.7 Å². The number of ether oxygens (including phenoxy) is 4. The van der Waals surface area contributed by atoms with Crippen molar-refractivity contribution in [2.45, 2.75) is 19.6 Å². The normalized spacial score (nSPS) is 11.4. The van der Waals surface area contributed by atoms with Crippen molar-refractivity contribution in [3.05, 3.63) is 48.2 Å². The van der Waals surface area contributed by atoms with Gasteiger partial charge in [-0.05, 0) is 12.5 Å². The van der Waals surface area contributed by atoms with Crippen LogP contribution in [0.25, 0.3) is 0 Å². The summed E-state index contributed by atoms with van der Waals surface area (Å²) in [5.41, 5.74) is 0.806. The lowest BCUT2D eigenvalue weighted by Gasteiger charge is -2.15. The van der Waals surface area contributed by atoms with E-state index in [1.165, 1.54) is 7.11 Å². The average Bonchev–Trinajstić information content (AvgIpc) is 2.63. The van der Waals surface area contributed by atoms with Gasteiger partial charge in [0.05, 0.1) is 26.1 Å². The number of alkyl carbamates (subject to hydrolysis) is 1. The summed E-state index contributed by atoms with van der Waals surface area (Å²) in [4.78, 5) is 34.6. The highest BCUT2D eigenvalue weighted by Gasteiger charge is 2.22. The summed E-state index contributed by atoms with van der Waals surface area (Å²) in [6.45, 7) is 1.74. The van der Waals surface area contributed by atoms with Gasteiger partial charge in [0.2, 0.25) is 0 Å². The molecule has 0 spiro atoms. The lowest BCUT2D eigenvalue weighted by atomic mass is 10.2. The fourth-order valence-electron chi connectivity index (χ4n) is 1.66. The molecule has 0 saturated heterocycles. The van der Waals surface area contributed by atoms with Gasteiger partial charge in [-0.3, -0.25) is 0 Å². The molecule has 0 aromatic heterocycles. The number of carbonyl (C=O) groups is 3. The predicted molar refractivity (Wildman–Crippen MR) is 87.3 cm³/mol. The van der Waals surface area contributed by atoms with Gasteiger partial charge >= 0.3 is 18.0 Å². The van der Waals surface area contributed by atoms with Crippen molar-refractivity contribution in [3.63, 3.8) is 0 Å². The van der Waals surface area contributed by atoms with Gasteiger partial charge in [-0.25, -0.2) is 14.4 Å². The van der Waals surface area contributed by atoms with E-state index in [1.54, 1.807) is 19.1 Å². The average molecular weight is 351 g/mol. The summed E-state index contributed by atoms with van der Waals surface area (Å²) in [5.74, 6) is -1.28. The van der Waals surface area contributed by atoms with Gasteiger partial charge in [0.25, 0.3) is 0 Å². The zero-order valence-corrected chi connectivity index (χ0v) is 14.1. The molecule has 25 heavy (non-hydrogen) atoms. The van der Waals surface area contributed by atoms with Crippen molar-refractivity contribution in [2.75, 3.05) is 20.3 Å². The second-order valence-corrected chi connectivity index (χ2v) is 4.67. The molecule has 0 bridgehead atoms. The molecule has 1 N–H and O–H groups in total. The van der Waals surface area contributed by atoms with E-state index in [1.807, 2.05) is 18.2 Å². The minimum atomic E-state index is -1.08. The first-order valence-electron chi connectivity index (χ1n) is 7.56. The second kappa shape index (κ2) is 11.5. The maximum Gasteiger partial charge on any atom is 0.408 e. The smallest absolute Gasteiger partial charge is 0.408 e. The Morgan fingerprint density at radius 2 is 1.88 bits per heavy atom. The van der Waals surface area contributed by atoms with E-state index in [9.17, 15) is 14.4 Å². The number of esters is 2. The predicted octanol–water partition coefficient (Wildman–Crippen LogP) is 1.55. The van der Waals surface area contributed by atoms with Crippen LogP contribution in [0.2, 0.25) is 0 Å². The van der Waals surface area contributed by atoms with E-state index < -0.39 is 24.1 Å². The third-order valence-corrected chi connectivity index (χ3v) is 2.84. The van der Waals surface area contributed by atoms with E-state index in [0.29, 0.717) is 0 Å². The fraction of sp³-hybridized carbons (Fsp3) is 0.353. The first-order valence-corrected chi connectivity index (χ1v) is 7.56. The topological polar surface area (TPSA) is 100 Å². The van der Waals surface area contributed by atoms with Crippen LogP contribution >= 0.6 is 0 Å². The van der Waals surface area contributed by atoms with Crippen molar-refractivity contribution in [1.29, 1.82) is 0 Å². The van der Waals surface area contributed by atoms with Gasteiger partial charge < -0.3 is 24.3 Å². The van der Waals surface area contributed by atoms with Gasteiger partial charge in [0, 0.05) is 0 Å². The Kier molecular flexibility index (Phi) is 9.20. The molecule has 0 saturated carbocycles. The van der Waals surface area contributed by atoms with Gasteiger partial charge in [0.1, 0.15) is 13.2 Å². The quantitative estimate of drug-likeness (QED) is 0.312. The molecule has 0 unspecified atom stereocenters. The Labute approximate surface area is 145 Å². The van der Waals surface area contributed by atoms with Crippen molar-refractivity contribution in [1.82, 2.24) is 5.32 Å². The number of methoxy groups -OCH3 is 1. The van der Waals surface area contributed by atoms with Crippen molar-refractivity contribution in [3.8, 4) is 0 Å². The van der Waals surface area contributed by atoms with Crippen LogP contribution in [0.5, 0.6) is 0 Å². The molecule has 1 aromatic rings. The first kappa shape index (κ1) is 20.0. The molecule has 1 rings (SSSR count). The second-order valence-electron chi connectivity index (χ2n) is 4.67. The minimum Gasteiger partial charge on any atom is -0.498 e. The van der Waals surface area contributed by atoms with E-state index in [-0.39, 0.29) is 19.8 Å². The Balaban J connectivity index is 2.45. The zero-order valence-electron chi connectivity index (χ0n) is 14.1. The summed E-state index contributed by atoms with van der Waals surface area (Å²) in [7, 11) is 1.18. The summed E-state index contributed by atoms with van der Waals surface area (Å²) in [6, 6.07) is 8.00. The highest BCUT2D eigenvalue weighted by molar-refractivity contribution is 5.82. The summed E-state index contributed by atoms with van der Waals surface area (Å²) >= 11 is 0. The number of hydrogen-bond acceptors (Lipinski definition) is 7. The number of carbonyl (C=O) groups excluding carboxylic acids is 3. The molecular weight excluding hydrogens is 330 g/mol. The molecule has 0 fully saturated rings. The van der Waals surface area contributed by atoms with Gasteiger partial charge in [-0.15, -0.1) is 0 Å². The Bertz CT molecular complexity index is 586. The molecule has 0 aliphatic rings. The van der Waals surface area contributed by atoms with Crippen LogP contribution in [0.4, 0.5) is 4.79 Å². The van der Waals surface area contributed by atoms with E-state index in [4.69, 9.17) is 9.47 Å². The van der Waals surface area contributed by atoms with Crippen LogP contribution in [-0.4, -0.2) is 44.4 Å². The molecule has 0 heterocycles. The third-order valence-electron chi connectivity index (χ3n) is 2.84. The Morgan fingerprint density at radius 1 is 1.16 bits per heavy atom. The lowest BCUT2D eigenvalue weighted by molar-refractivity contribution is -0.144. The number of nitrogens with one attached hydrogen (secondary N) is 1.